The zero-order valence-electron chi connectivity index (χ0n) is 10.5. The molecule has 0 saturated carbocycles. The summed E-state index contributed by atoms with van der Waals surface area (Å²) in [5.41, 5.74) is 0.0415. The standard InChI is InChI=1S/C13H11BrF3N3/c1-2-18-12-9(16)6-10(17)13(20-12)19-11-5-7(14)3-4-8(11)15/h3-6H,2H2,1H3,(H2,18,19,20). The molecule has 3 nitrogen and oxygen atoms in total. The van der Waals surface area contributed by atoms with Gasteiger partial charge in [-0.15, -0.1) is 0 Å². The van der Waals surface area contributed by atoms with Crippen molar-refractivity contribution in [1.82, 2.24) is 4.98 Å². The molecule has 7 heteroatoms. The van der Waals surface area contributed by atoms with Gasteiger partial charge in [0.25, 0.3) is 0 Å². The fraction of sp³-hybridized carbons (Fsp3) is 0.154. The van der Waals surface area contributed by atoms with Gasteiger partial charge in [0.1, 0.15) is 5.82 Å². The van der Waals surface area contributed by atoms with Crippen molar-refractivity contribution in [2.75, 3.05) is 17.2 Å². The molecule has 0 atom stereocenters. The number of rotatable bonds is 4. The van der Waals surface area contributed by atoms with E-state index >= 15 is 0 Å². The molecule has 0 fully saturated rings. The van der Waals surface area contributed by atoms with Crippen LogP contribution in [0.15, 0.2) is 28.7 Å². The Labute approximate surface area is 122 Å². The average Bonchev–Trinajstić information content (AvgIpc) is 2.39. The quantitative estimate of drug-likeness (QED) is 0.860. The normalized spacial score (nSPS) is 10.4. The Morgan fingerprint density at radius 3 is 2.45 bits per heavy atom. The molecule has 0 spiro atoms. The maximum atomic E-state index is 13.7. The van der Waals surface area contributed by atoms with E-state index in [0.29, 0.717) is 17.1 Å². The lowest BCUT2D eigenvalue weighted by molar-refractivity contribution is 0.579. The first kappa shape index (κ1) is 14.6. The molecule has 0 radical (unpaired) electrons. The Morgan fingerprint density at radius 1 is 1.05 bits per heavy atom. The highest BCUT2D eigenvalue weighted by molar-refractivity contribution is 9.10. The Bertz CT molecular complexity index is 634. The molecule has 0 aliphatic carbocycles. The van der Waals surface area contributed by atoms with Gasteiger partial charge in [-0.3, -0.25) is 0 Å². The number of anilines is 3. The molecule has 0 saturated heterocycles. The van der Waals surface area contributed by atoms with Crippen LogP contribution in [-0.4, -0.2) is 11.5 Å². The highest BCUT2D eigenvalue weighted by Gasteiger charge is 2.13. The van der Waals surface area contributed by atoms with Crippen molar-refractivity contribution in [2.45, 2.75) is 6.92 Å². The SMILES string of the molecule is CCNc1nc(Nc2cc(Br)ccc2F)c(F)cc1F. The predicted octanol–water partition coefficient (Wildman–Crippen LogP) is 4.44. The maximum absolute atomic E-state index is 13.7. The van der Waals surface area contributed by atoms with E-state index in [4.69, 9.17) is 0 Å². The van der Waals surface area contributed by atoms with Gasteiger partial charge in [-0.1, -0.05) is 15.9 Å². The molecule has 20 heavy (non-hydrogen) atoms. The number of nitrogens with zero attached hydrogens (tertiary/aromatic N) is 1. The van der Waals surface area contributed by atoms with E-state index < -0.39 is 17.5 Å². The fourth-order valence-electron chi connectivity index (χ4n) is 1.57. The summed E-state index contributed by atoms with van der Waals surface area (Å²) in [5.74, 6) is -2.61. The zero-order chi connectivity index (χ0) is 14.7. The second-order valence-corrected chi connectivity index (χ2v) is 4.84. The van der Waals surface area contributed by atoms with Gasteiger partial charge in [-0.05, 0) is 25.1 Å². The van der Waals surface area contributed by atoms with E-state index in [1.54, 1.807) is 6.92 Å². The number of pyridine rings is 1. The van der Waals surface area contributed by atoms with E-state index in [-0.39, 0.29) is 17.3 Å². The monoisotopic (exact) mass is 345 g/mol. The molecule has 2 N–H and O–H groups in total. The van der Waals surface area contributed by atoms with Crippen molar-refractivity contribution < 1.29 is 13.2 Å². The van der Waals surface area contributed by atoms with E-state index in [2.05, 4.69) is 31.5 Å². The first-order valence-electron chi connectivity index (χ1n) is 5.83. The van der Waals surface area contributed by atoms with E-state index in [1.165, 1.54) is 18.2 Å². The highest BCUT2D eigenvalue weighted by atomic mass is 79.9. The molecular weight excluding hydrogens is 335 g/mol. The first-order chi connectivity index (χ1) is 9.51. The third-order valence-corrected chi connectivity index (χ3v) is 2.95. The van der Waals surface area contributed by atoms with Gasteiger partial charge in [0.2, 0.25) is 0 Å². The summed E-state index contributed by atoms with van der Waals surface area (Å²) >= 11 is 3.19. The van der Waals surface area contributed by atoms with Crippen LogP contribution in [-0.2, 0) is 0 Å². The van der Waals surface area contributed by atoms with Crippen LogP contribution in [0.5, 0.6) is 0 Å². The molecule has 0 aliphatic rings. The lowest BCUT2D eigenvalue weighted by Crippen LogP contribution is -2.07. The first-order valence-corrected chi connectivity index (χ1v) is 6.62. The van der Waals surface area contributed by atoms with Crippen molar-refractivity contribution in [2.24, 2.45) is 0 Å². The van der Waals surface area contributed by atoms with Crippen molar-refractivity contribution in [3.8, 4) is 0 Å². The second-order valence-electron chi connectivity index (χ2n) is 3.93. The minimum atomic E-state index is -0.900. The topological polar surface area (TPSA) is 37.0 Å². The molecule has 1 aromatic heterocycles. The van der Waals surface area contributed by atoms with Crippen LogP contribution in [0, 0.1) is 17.5 Å². The van der Waals surface area contributed by atoms with Crippen LogP contribution in [0.3, 0.4) is 0 Å². The zero-order valence-corrected chi connectivity index (χ0v) is 12.1. The van der Waals surface area contributed by atoms with Gasteiger partial charge in [0.15, 0.2) is 23.3 Å². The summed E-state index contributed by atoms with van der Waals surface area (Å²) in [6.07, 6.45) is 0. The van der Waals surface area contributed by atoms with Gasteiger partial charge in [0.05, 0.1) is 5.69 Å². The minimum absolute atomic E-state index is 0.0415. The van der Waals surface area contributed by atoms with E-state index in [1.807, 2.05) is 0 Å². The van der Waals surface area contributed by atoms with Gasteiger partial charge >= 0.3 is 0 Å². The van der Waals surface area contributed by atoms with Crippen molar-refractivity contribution in [3.05, 3.63) is 46.2 Å². The smallest absolute Gasteiger partial charge is 0.169 e. The van der Waals surface area contributed by atoms with Gasteiger partial charge < -0.3 is 10.6 Å². The summed E-state index contributed by atoms with van der Waals surface area (Å²) < 4.78 is 41.3. The Balaban J connectivity index is 2.37. The Morgan fingerprint density at radius 2 is 1.75 bits per heavy atom. The number of hydrogen-bond donors (Lipinski definition) is 2. The highest BCUT2D eigenvalue weighted by Crippen LogP contribution is 2.26. The number of hydrogen-bond acceptors (Lipinski definition) is 3. The average molecular weight is 346 g/mol. The van der Waals surface area contributed by atoms with Crippen LogP contribution in [0.1, 0.15) is 6.92 Å². The lowest BCUT2D eigenvalue weighted by Gasteiger charge is -2.11. The maximum Gasteiger partial charge on any atom is 0.169 e. The largest absolute Gasteiger partial charge is 0.368 e. The predicted molar refractivity (Wildman–Crippen MR) is 75.7 cm³/mol. The molecule has 2 aromatic rings. The van der Waals surface area contributed by atoms with Crippen molar-refractivity contribution in [1.29, 1.82) is 0 Å². The van der Waals surface area contributed by atoms with Crippen LogP contribution in [0.25, 0.3) is 0 Å². The van der Waals surface area contributed by atoms with Crippen molar-refractivity contribution in [3.63, 3.8) is 0 Å². The van der Waals surface area contributed by atoms with E-state index in [0.717, 1.165) is 0 Å². The van der Waals surface area contributed by atoms with E-state index in [9.17, 15) is 13.2 Å². The fourth-order valence-corrected chi connectivity index (χ4v) is 1.93. The number of halogens is 4. The molecule has 0 amide bonds. The van der Waals surface area contributed by atoms with Crippen LogP contribution in [0.4, 0.5) is 30.5 Å². The molecule has 0 aliphatic heterocycles. The summed E-state index contributed by atoms with van der Waals surface area (Å²) in [6, 6.07) is 4.87. The number of aromatic nitrogens is 1. The molecule has 106 valence electrons. The number of benzene rings is 1. The summed E-state index contributed by atoms with van der Waals surface area (Å²) in [7, 11) is 0. The molecular formula is C13H11BrF3N3. The van der Waals surface area contributed by atoms with Gasteiger partial charge in [0, 0.05) is 17.1 Å². The second kappa shape index (κ2) is 6.13. The van der Waals surface area contributed by atoms with Crippen LogP contribution >= 0.6 is 15.9 Å². The van der Waals surface area contributed by atoms with Gasteiger partial charge in [-0.2, -0.15) is 0 Å². The molecule has 2 rings (SSSR count). The van der Waals surface area contributed by atoms with Crippen LogP contribution < -0.4 is 10.6 Å². The molecule has 1 heterocycles. The Kier molecular flexibility index (Phi) is 4.49. The third-order valence-electron chi connectivity index (χ3n) is 2.46. The molecule has 0 bridgehead atoms. The van der Waals surface area contributed by atoms with Crippen molar-refractivity contribution >= 4 is 33.3 Å². The summed E-state index contributed by atoms with van der Waals surface area (Å²) in [4.78, 5) is 3.77. The summed E-state index contributed by atoms with van der Waals surface area (Å²) in [6.45, 7) is 2.19. The third kappa shape index (κ3) is 3.22. The lowest BCUT2D eigenvalue weighted by atomic mass is 10.3. The molecule has 1 aromatic carbocycles. The Hall–Kier alpha value is -1.76. The number of nitrogens with one attached hydrogen (secondary N) is 2. The van der Waals surface area contributed by atoms with Crippen LogP contribution in [0.2, 0.25) is 0 Å². The summed E-state index contributed by atoms with van der Waals surface area (Å²) in [5, 5.41) is 5.17. The van der Waals surface area contributed by atoms with Gasteiger partial charge in [-0.25, -0.2) is 18.2 Å². The molecule has 0 unspecified atom stereocenters. The minimum Gasteiger partial charge on any atom is -0.368 e.